The Hall–Kier alpha value is -3.48. The molecule has 12 heteroatoms. The molecule has 0 aliphatic rings. The lowest BCUT2D eigenvalue weighted by Gasteiger charge is -2.15. The van der Waals surface area contributed by atoms with Gasteiger partial charge in [-0.3, -0.25) is 4.79 Å². The molecule has 43 heavy (non-hydrogen) atoms. The molecule has 0 unspecified atom stereocenters. The molecule has 0 fully saturated rings. The molecule has 0 N–H and O–H groups in total. The highest BCUT2D eigenvalue weighted by molar-refractivity contribution is 9.11. The van der Waals surface area contributed by atoms with E-state index in [0.717, 1.165) is 31.3 Å². The highest BCUT2D eigenvalue weighted by Gasteiger charge is 2.31. The number of benzene rings is 4. The van der Waals surface area contributed by atoms with Gasteiger partial charge in [-0.15, -0.1) is 0 Å². The van der Waals surface area contributed by atoms with Crippen LogP contribution in [0.5, 0.6) is 11.5 Å². The molecule has 0 bridgehead atoms. The maximum atomic E-state index is 13.5. The number of hydrogen-bond donors (Lipinski definition) is 0. The first-order chi connectivity index (χ1) is 20.5. The molecule has 5 rings (SSSR count). The van der Waals surface area contributed by atoms with Crippen LogP contribution in [0.1, 0.15) is 23.6 Å². The average molecular weight is 780 g/mol. The van der Waals surface area contributed by atoms with Gasteiger partial charge in [-0.05, 0) is 76.9 Å². The summed E-state index contributed by atoms with van der Waals surface area (Å²) in [6.45, 7) is 2.46. The molecule has 220 valence electrons. The number of rotatable bonds is 8. The molecular weight excluding hydrogens is 759 g/mol. The highest BCUT2D eigenvalue weighted by atomic mass is 79.9. The van der Waals surface area contributed by atoms with Gasteiger partial charge in [0.25, 0.3) is 5.56 Å². The SMILES string of the molecule is CCOc1cc(C=Nn2c(-c3cccc(C(F)(F)F)c3)nc3ccccc3c2=O)cc(Br)c1OCc1ccc(Br)cc1Br. The van der Waals surface area contributed by atoms with Crippen LogP contribution in [0.4, 0.5) is 13.2 Å². The molecule has 0 aliphatic carbocycles. The zero-order valence-electron chi connectivity index (χ0n) is 22.3. The molecule has 0 amide bonds. The second kappa shape index (κ2) is 13.0. The van der Waals surface area contributed by atoms with E-state index in [2.05, 4.69) is 57.9 Å². The van der Waals surface area contributed by atoms with Crippen molar-refractivity contribution < 1.29 is 22.6 Å². The third-order valence-corrected chi connectivity index (χ3v) is 8.06. The average Bonchev–Trinajstić information content (AvgIpc) is 2.97. The molecular formula is C31H21Br3F3N3O3. The summed E-state index contributed by atoms with van der Waals surface area (Å²) in [6, 6.07) is 20.4. The minimum atomic E-state index is -4.57. The molecule has 0 spiro atoms. The summed E-state index contributed by atoms with van der Waals surface area (Å²) in [5, 5.41) is 4.66. The van der Waals surface area contributed by atoms with Crippen molar-refractivity contribution in [2.75, 3.05) is 6.61 Å². The first-order valence-corrected chi connectivity index (χ1v) is 15.2. The van der Waals surface area contributed by atoms with Gasteiger partial charge in [0, 0.05) is 20.1 Å². The number of aromatic nitrogens is 2. The number of halogens is 6. The van der Waals surface area contributed by atoms with Crippen LogP contribution in [-0.2, 0) is 12.8 Å². The van der Waals surface area contributed by atoms with Crippen LogP contribution in [0.3, 0.4) is 0 Å². The van der Waals surface area contributed by atoms with Crippen LogP contribution in [0.15, 0.2) is 102 Å². The second-order valence-electron chi connectivity index (χ2n) is 9.18. The number of para-hydroxylation sites is 1. The van der Waals surface area contributed by atoms with Gasteiger partial charge < -0.3 is 9.47 Å². The van der Waals surface area contributed by atoms with Crippen molar-refractivity contribution in [1.29, 1.82) is 0 Å². The molecule has 0 aliphatic heterocycles. The third kappa shape index (κ3) is 7.02. The van der Waals surface area contributed by atoms with Gasteiger partial charge in [-0.25, -0.2) is 4.98 Å². The zero-order chi connectivity index (χ0) is 30.7. The molecule has 0 radical (unpaired) electrons. The Morgan fingerprint density at radius 1 is 0.930 bits per heavy atom. The Kier molecular flexibility index (Phi) is 9.38. The summed E-state index contributed by atoms with van der Waals surface area (Å²) < 4.78 is 55.8. The largest absolute Gasteiger partial charge is 0.490 e. The Morgan fingerprint density at radius 3 is 2.47 bits per heavy atom. The van der Waals surface area contributed by atoms with E-state index in [1.807, 2.05) is 25.1 Å². The summed E-state index contributed by atoms with van der Waals surface area (Å²) in [4.78, 5) is 18.0. The van der Waals surface area contributed by atoms with Crippen LogP contribution < -0.4 is 15.0 Å². The van der Waals surface area contributed by atoms with Crippen LogP contribution in [0.2, 0.25) is 0 Å². The van der Waals surface area contributed by atoms with Crippen LogP contribution >= 0.6 is 47.8 Å². The van der Waals surface area contributed by atoms with E-state index < -0.39 is 17.3 Å². The van der Waals surface area contributed by atoms with E-state index in [-0.39, 0.29) is 23.4 Å². The molecule has 4 aromatic carbocycles. The number of ether oxygens (including phenoxy) is 2. The van der Waals surface area contributed by atoms with E-state index >= 15 is 0 Å². The van der Waals surface area contributed by atoms with Crippen LogP contribution in [0, 0.1) is 0 Å². The van der Waals surface area contributed by atoms with Crippen molar-refractivity contribution in [3.8, 4) is 22.9 Å². The van der Waals surface area contributed by atoms with Gasteiger partial charge >= 0.3 is 6.18 Å². The monoisotopic (exact) mass is 777 g/mol. The number of nitrogens with zero attached hydrogens (tertiary/aromatic N) is 3. The molecule has 6 nitrogen and oxygen atoms in total. The number of fused-ring (bicyclic) bond motifs is 1. The number of hydrogen-bond acceptors (Lipinski definition) is 5. The molecule has 1 aromatic heterocycles. The Morgan fingerprint density at radius 2 is 1.72 bits per heavy atom. The number of alkyl halides is 3. The summed E-state index contributed by atoms with van der Waals surface area (Å²) >= 11 is 10.5. The fraction of sp³-hybridized carbons (Fsp3) is 0.129. The topological polar surface area (TPSA) is 65.7 Å². The molecule has 0 saturated carbocycles. The first-order valence-electron chi connectivity index (χ1n) is 12.8. The van der Waals surface area contributed by atoms with E-state index in [9.17, 15) is 18.0 Å². The standard InChI is InChI=1S/C31H21Br3F3N3O3/c1-2-42-27-13-18(12-25(34)28(27)43-17-20-10-11-22(32)15-24(20)33)16-38-40-29(19-6-5-7-21(14-19)31(35,36)37)39-26-9-4-3-8-23(26)30(40)41/h3-16H,2,17H2,1H3. The van der Waals surface area contributed by atoms with Gasteiger partial charge in [0.2, 0.25) is 0 Å². The van der Waals surface area contributed by atoms with E-state index in [1.54, 1.807) is 36.4 Å². The lowest BCUT2D eigenvalue weighted by atomic mass is 10.1. The van der Waals surface area contributed by atoms with Gasteiger partial charge in [0.05, 0.1) is 33.8 Å². The second-order valence-corrected chi connectivity index (χ2v) is 11.8. The summed E-state index contributed by atoms with van der Waals surface area (Å²) in [5.74, 6) is 0.881. The van der Waals surface area contributed by atoms with Crippen LogP contribution in [0.25, 0.3) is 22.3 Å². The van der Waals surface area contributed by atoms with Gasteiger partial charge in [-0.2, -0.15) is 22.9 Å². The molecule has 0 atom stereocenters. The first kappa shape index (κ1) is 31.0. The summed E-state index contributed by atoms with van der Waals surface area (Å²) in [6.07, 6.45) is -3.15. The quantitative estimate of drug-likeness (QED) is 0.147. The van der Waals surface area contributed by atoms with Gasteiger partial charge in [0.15, 0.2) is 17.3 Å². The van der Waals surface area contributed by atoms with Crippen LogP contribution in [-0.4, -0.2) is 22.5 Å². The maximum Gasteiger partial charge on any atom is 0.416 e. The van der Waals surface area contributed by atoms with Gasteiger partial charge in [-0.1, -0.05) is 62.2 Å². The maximum absolute atomic E-state index is 13.5. The van der Waals surface area contributed by atoms with E-state index in [0.29, 0.717) is 33.7 Å². The van der Waals surface area contributed by atoms with E-state index in [4.69, 9.17) is 9.47 Å². The van der Waals surface area contributed by atoms with Crippen molar-refractivity contribution in [2.45, 2.75) is 19.7 Å². The molecule has 0 saturated heterocycles. The fourth-order valence-corrected chi connectivity index (χ4v) is 5.97. The molecule has 1 heterocycles. The fourth-order valence-electron chi connectivity index (χ4n) is 4.23. The highest BCUT2D eigenvalue weighted by Crippen LogP contribution is 2.38. The lowest BCUT2D eigenvalue weighted by molar-refractivity contribution is -0.137. The predicted molar refractivity (Wildman–Crippen MR) is 171 cm³/mol. The normalized spacial score (nSPS) is 11.8. The Balaban J connectivity index is 1.55. The van der Waals surface area contributed by atoms with Gasteiger partial charge in [0.1, 0.15) is 6.61 Å². The minimum absolute atomic E-state index is 0.0322. The minimum Gasteiger partial charge on any atom is -0.490 e. The zero-order valence-corrected chi connectivity index (χ0v) is 27.1. The third-order valence-electron chi connectivity index (χ3n) is 6.24. The Labute approximate surface area is 269 Å². The predicted octanol–water partition coefficient (Wildman–Crippen LogP) is 9.23. The van der Waals surface area contributed by atoms with Crippen molar-refractivity contribution in [3.05, 3.63) is 119 Å². The van der Waals surface area contributed by atoms with Crippen molar-refractivity contribution in [3.63, 3.8) is 0 Å². The summed E-state index contributed by atoms with van der Waals surface area (Å²) in [5.41, 5.74) is 0.508. The Bertz CT molecular complexity index is 1910. The summed E-state index contributed by atoms with van der Waals surface area (Å²) in [7, 11) is 0. The van der Waals surface area contributed by atoms with Crippen molar-refractivity contribution >= 4 is 64.9 Å². The smallest absolute Gasteiger partial charge is 0.416 e. The van der Waals surface area contributed by atoms with Crippen molar-refractivity contribution in [1.82, 2.24) is 9.66 Å². The van der Waals surface area contributed by atoms with Crippen molar-refractivity contribution in [2.24, 2.45) is 5.10 Å². The molecule has 5 aromatic rings. The van der Waals surface area contributed by atoms with E-state index in [1.165, 1.54) is 18.3 Å². The lowest BCUT2D eigenvalue weighted by Crippen LogP contribution is -2.20.